The van der Waals surface area contributed by atoms with Crippen molar-refractivity contribution in [3.63, 3.8) is 0 Å². The van der Waals surface area contributed by atoms with Crippen LogP contribution in [0.25, 0.3) is 0 Å². The van der Waals surface area contributed by atoms with Crippen LogP contribution in [0.15, 0.2) is 42.5 Å². The van der Waals surface area contributed by atoms with Gasteiger partial charge in [-0.1, -0.05) is 23.7 Å². The van der Waals surface area contributed by atoms with Gasteiger partial charge in [-0.05, 0) is 42.8 Å². The minimum atomic E-state index is -0.253. The molecule has 0 radical (unpaired) electrons. The number of rotatable bonds is 5. The molecule has 4 heteroatoms. The molecule has 0 amide bonds. The molecule has 0 saturated heterocycles. The van der Waals surface area contributed by atoms with Crippen molar-refractivity contribution in [3.05, 3.63) is 58.9 Å². The summed E-state index contributed by atoms with van der Waals surface area (Å²) in [5, 5.41) is 3.74. The predicted molar refractivity (Wildman–Crippen MR) is 76.6 cm³/mol. The third-order valence-corrected chi connectivity index (χ3v) is 2.90. The lowest BCUT2D eigenvalue weighted by Crippen LogP contribution is -2.12. The van der Waals surface area contributed by atoms with Crippen molar-refractivity contribution >= 4 is 17.3 Å². The van der Waals surface area contributed by atoms with Crippen LogP contribution < -0.4 is 10.1 Å². The zero-order chi connectivity index (χ0) is 13.7. The van der Waals surface area contributed by atoms with E-state index in [0.29, 0.717) is 18.2 Å². The van der Waals surface area contributed by atoms with Crippen LogP contribution in [0.1, 0.15) is 5.56 Å². The number of halogens is 2. The summed E-state index contributed by atoms with van der Waals surface area (Å²) in [6, 6.07) is 11.9. The van der Waals surface area contributed by atoms with Crippen LogP contribution in [0.3, 0.4) is 0 Å². The van der Waals surface area contributed by atoms with Crippen molar-refractivity contribution in [2.75, 3.05) is 18.5 Å². The smallest absolute Gasteiger partial charge is 0.125 e. The molecule has 1 N–H and O–H groups in total. The van der Waals surface area contributed by atoms with Crippen molar-refractivity contribution in [1.82, 2.24) is 0 Å². The van der Waals surface area contributed by atoms with Crippen LogP contribution in [-0.4, -0.2) is 13.2 Å². The maximum atomic E-state index is 13.0. The van der Waals surface area contributed by atoms with Crippen LogP contribution in [0.2, 0.25) is 5.02 Å². The first-order chi connectivity index (χ1) is 9.15. The van der Waals surface area contributed by atoms with E-state index in [1.54, 1.807) is 12.1 Å². The molecular weight excluding hydrogens is 265 g/mol. The molecule has 0 atom stereocenters. The van der Waals surface area contributed by atoms with Crippen molar-refractivity contribution in [2.45, 2.75) is 6.92 Å². The van der Waals surface area contributed by atoms with Gasteiger partial charge in [0.05, 0.1) is 0 Å². The topological polar surface area (TPSA) is 21.3 Å². The summed E-state index contributed by atoms with van der Waals surface area (Å²) < 4.78 is 18.6. The molecule has 0 aromatic heterocycles. The Balaban J connectivity index is 1.82. The molecule has 0 saturated carbocycles. The third kappa shape index (κ3) is 4.14. The number of hydrogen-bond donors (Lipinski definition) is 1. The molecule has 0 unspecified atom stereocenters. The van der Waals surface area contributed by atoms with Gasteiger partial charge in [-0.2, -0.15) is 0 Å². The average molecular weight is 280 g/mol. The largest absolute Gasteiger partial charge is 0.491 e. The van der Waals surface area contributed by atoms with Crippen LogP contribution in [0.4, 0.5) is 10.1 Å². The summed E-state index contributed by atoms with van der Waals surface area (Å²) in [6.45, 7) is 3.04. The van der Waals surface area contributed by atoms with Gasteiger partial charge < -0.3 is 10.1 Å². The molecule has 19 heavy (non-hydrogen) atoms. The van der Waals surface area contributed by atoms with E-state index in [4.69, 9.17) is 16.3 Å². The van der Waals surface area contributed by atoms with Gasteiger partial charge in [-0.3, -0.25) is 0 Å². The van der Waals surface area contributed by atoms with Gasteiger partial charge in [0.25, 0.3) is 0 Å². The second-order valence-electron chi connectivity index (χ2n) is 4.20. The highest BCUT2D eigenvalue weighted by Crippen LogP contribution is 2.22. The number of benzene rings is 2. The molecule has 100 valence electrons. The fourth-order valence-electron chi connectivity index (χ4n) is 1.68. The first-order valence-corrected chi connectivity index (χ1v) is 6.41. The predicted octanol–water partition coefficient (Wildman–Crippen LogP) is 4.28. The van der Waals surface area contributed by atoms with Crippen LogP contribution >= 0.6 is 11.6 Å². The van der Waals surface area contributed by atoms with E-state index >= 15 is 0 Å². The Morgan fingerprint density at radius 2 is 2.05 bits per heavy atom. The van der Waals surface area contributed by atoms with Gasteiger partial charge >= 0.3 is 0 Å². The normalized spacial score (nSPS) is 10.3. The van der Waals surface area contributed by atoms with Gasteiger partial charge in [0.15, 0.2) is 0 Å². The summed E-state index contributed by atoms with van der Waals surface area (Å²) >= 11 is 5.91. The second-order valence-corrected chi connectivity index (χ2v) is 4.63. The molecule has 0 aliphatic rings. The molecule has 2 rings (SSSR count). The zero-order valence-electron chi connectivity index (χ0n) is 10.6. The van der Waals surface area contributed by atoms with E-state index in [9.17, 15) is 4.39 Å². The lowest BCUT2D eigenvalue weighted by molar-refractivity contribution is 0.330. The van der Waals surface area contributed by atoms with Gasteiger partial charge in [-0.15, -0.1) is 0 Å². The third-order valence-electron chi connectivity index (χ3n) is 2.66. The van der Waals surface area contributed by atoms with Crippen molar-refractivity contribution in [2.24, 2.45) is 0 Å². The number of nitrogens with one attached hydrogen (secondary N) is 1. The van der Waals surface area contributed by atoms with Crippen molar-refractivity contribution < 1.29 is 9.13 Å². The Morgan fingerprint density at radius 3 is 2.84 bits per heavy atom. The monoisotopic (exact) mass is 279 g/mol. The van der Waals surface area contributed by atoms with E-state index in [2.05, 4.69) is 5.32 Å². The maximum absolute atomic E-state index is 13.0. The van der Waals surface area contributed by atoms with E-state index in [-0.39, 0.29) is 5.82 Å². The molecule has 2 aromatic rings. The molecule has 0 spiro atoms. The van der Waals surface area contributed by atoms with Gasteiger partial charge in [0.2, 0.25) is 0 Å². The molecule has 2 aromatic carbocycles. The quantitative estimate of drug-likeness (QED) is 0.825. The fraction of sp³-hybridized carbons (Fsp3) is 0.200. The molecule has 0 aliphatic heterocycles. The highest BCUT2D eigenvalue weighted by molar-refractivity contribution is 6.30. The van der Waals surface area contributed by atoms with Gasteiger partial charge in [0.1, 0.15) is 18.2 Å². The second kappa shape index (κ2) is 6.43. The minimum Gasteiger partial charge on any atom is -0.491 e. The van der Waals surface area contributed by atoms with Crippen LogP contribution in [0.5, 0.6) is 5.75 Å². The molecular formula is C15H15ClFNO. The number of aryl methyl sites for hydroxylation is 1. The highest BCUT2D eigenvalue weighted by Gasteiger charge is 2.00. The number of hydrogen-bond acceptors (Lipinski definition) is 2. The number of ether oxygens (including phenoxy) is 1. The summed E-state index contributed by atoms with van der Waals surface area (Å²) in [4.78, 5) is 0. The standard InChI is InChI=1S/C15H15ClFNO/c1-11-5-6-12(16)9-15(11)19-8-7-18-14-4-2-3-13(17)10-14/h2-6,9-10,18H,7-8H2,1H3. The lowest BCUT2D eigenvalue weighted by atomic mass is 10.2. The summed E-state index contributed by atoms with van der Waals surface area (Å²) in [5.41, 5.74) is 1.78. The van der Waals surface area contributed by atoms with E-state index < -0.39 is 0 Å². The Morgan fingerprint density at radius 1 is 1.21 bits per heavy atom. The molecule has 2 nitrogen and oxygen atoms in total. The Hall–Kier alpha value is -1.74. The van der Waals surface area contributed by atoms with Gasteiger partial charge in [-0.25, -0.2) is 4.39 Å². The first kappa shape index (κ1) is 13.7. The Kier molecular flexibility index (Phi) is 4.63. The molecule has 0 bridgehead atoms. The van der Waals surface area contributed by atoms with Crippen LogP contribution in [0, 0.1) is 12.7 Å². The fourth-order valence-corrected chi connectivity index (χ4v) is 1.85. The average Bonchev–Trinajstić information content (AvgIpc) is 2.39. The van der Waals surface area contributed by atoms with Gasteiger partial charge in [0, 0.05) is 17.3 Å². The van der Waals surface area contributed by atoms with E-state index in [0.717, 1.165) is 17.0 Å². The summed E-state index contributed by atoms with van der Waals surface area (Å²) in [5.74, 6) is 0.519. The number of anilines is 1. The molecule has 0 fully saturated rings. The van der Waals surface area contributed by atoms with E-state index in [1.807, 2.05) is 25.1 Å². The van der Waals surface area contributed by atoms with Crippen LogP contribution in [-0.2, 0) is 0 Å². The van der Waals surface area contributed by atoms with Crippen molar-refractivity contribution in [3.8, 4) is 5.75 Å². The molecule has 0 heterocycles. The van der Waals surface area contributed by atoms with Crippen molar-refractivity contribution in [1.29, 1.82) is 0 Å². The molecule has 0 aliphatic carbocycles. The summed E-state index contributed by atoms with van der Waals surface area (Å²) in [6.07, 6.45) is 0. The summed E-state index contributed by atoms with van der Waals surface area (Å²) in [7, 11) is 0. The van der Waals surface area contributed by atoms with E-state index in [1.165, 1.54) is 12.1 Å². The maximum Gasteiger partial charge on any atom is 0.125 e. The first-order valence-electron chi connectivity index (χ1n) is 6.03. The lowest BCUT2D eigenvalue weighted by Gasteiger charge is -2.11. The zero-order valence-corrected chi connectivity index (χ0v) is 11.4. The highest BCUT2D eigenvalue weighted by atomic mass is 35.5. The SMILES string of the molecule is Cc1ccc(Cl)cc1OCCNc1cccc(F)c1. The minimum absolute atomic E-state index is 0.253. The Bertz CT molecular complexity index is 560. The Labute approximate surface area is 117 Å².